The van der Waals surface area contributed by atoms with Crippen LogP contribution in [0.25, 0.3) is 0 Å². The molecule has 21 heavy (non-hydrogen) atoms. The van der Waals surface area contributed by atoms with Crippen LogP contribution in [0, 0.1) is 5.82 Å². The van der Waals surface area contributed by atoms with Crippen LogP contribution in [0.3, 0.4) is 0 Å². The Kier molecular flexibility index (Phi) is 3.93. The second-order valence-electron chi connectivity index (χ2n) is 5.74. The average Bonchev–Trinajstić information content (AvgIpc) is 3.34. The van der Waals surface area contributed by atoms with E-state index in [2.05, 4.69) is 29.2 Å². The number of likely N-dealkylation sites (N-methyl/N-ethyl adjacent to an activating group) is 1. The maximum absolute atomic E-state index is 13.1. The van der Waals surface area contributed by atoms with Gasteiger partial charge in [-0.3, -0.25) is 0 Å². The van der Waals surface area contributed by atoms with Crippen LogP contribution in [0.1, 0.15) is 35.9 Å². The zero-order valence-electron chi connectivity index (χ0n) is 12.3. The highest BCUT2D eigenvalue weighted by molar-refractivity contribution is 5.50. The Balaban J connectivity index is 1.92. The third-order valence-corrected chi connectivity index (χ3v) is 4.30. The van der Waals surface area contributed by atoms with Crippen LogP contribution in [0.15, 0.2) is 48.5 Å². The first-order chi connectivity index (χ1) is 10.2. The molecule has 110 valence electrons. The minimum absolute atomic E-state index is 0.118. The van der Waals surface area contributed by atoms with Crippen LogP contribution < -0.4 is 10.6 Å². The number of benzene rings is 2. The molecule has 3 heteroatoms. The van der Waals surface area contributed by atoms with Gasteiger partial charge in [-0.2, -0.15) is 0 Å². The second kappa shape index (κ2) is 5.86. The first kappa shape index (κ1) is 14.1. The van der Waals surface area contributed by atoms with Gasteiger partial charge in [0.15, 0.2) is 0 Å². The zero-order valence-corrected chi connectivity index (χ0v) is 12.3. The third-order valence-electron chi connectivity index (χ3n) is 4.30. The third kappa shape index (κ3) is 2.93. The summed E-state index contributed by atoms with van der Waals surface area (Å²) in [6.45, 7) is 0.539. The van der Waals surface area contributed by atoms with E-state index in [0.717, 1.165) is 5.69 Å². The van der Waals surface area contributed by atoms with E-state index in [1.807, 2.05) is 7.05 Å². The molecule has 2 N–H and O–H groups in total. The summed E-state index contributed by atoms with van der Waals surface area (Å²) < 4.78 is 13.1. The Hall–Kier alpha value is -1.87. The summed E-state index contributed by atoms with van der Waals surface area (Å²) in [7, 11) is 2.02. The number of nitrogens with zero attached hydrogens (tertiary/aromatic N) is 1. The Labute approximate surface area is 125 Å². The quantitative estimate of drug-likeness (QED) is 0.904. The van der Waals surface area contributed by atoms with Crippen molar-refractivity contribution in [1.82, 2.24) is 0 Å². The molecule has 1 saturated carbocycles. The summed E-state index contributed by atoms with van der Waals surface area (Å²) in [5.74, 6) is 0.478. The number of halogens is 1. The Bertz CT molecular complexity index is 605. The van der Waals surface area contributed by atoms with Crippen molar-refractivity contribution >= 4 is 5.69 Å². The van der Waals surface area contributed by atoms with E-state index in [1.165, 1.54) is 36.1 Å². The molecule has 0 radical (unpaired) electrons. The van der Waals surface area contributed by atoms with Gasteiger partial charge < -0.3 is 10.6 Å². The Morgan fingerprint density at radius 3 is 2.43 bits per heavy atom. The summed E-state index contributed by atoms with van der Waals surface area (Å²) in [6.07, 6.45) is 2.54. The molecule has 1 aliphatic carbocycles. The molecule has 0 bridgehead atoms. The van der Waals surface area contributed by atoms with Gasteiger partial charge in [-0.25, -0.2) is 4.39 Å². The van der Waals surface area contributed by atoms with E-state index in [9.17, 15) is 4.39 Å². The van der Waals surface area contributed by atoms with E-state index < -0.39 is 0 Å². The summed E-state index contributed by atoms with van der Waals surface area (Å²) in [6, 6.07) is 15.3. The molecular formula is C18H21FN2. The molecule has 1 atom stereocenters. The molecule has 0 amide bonds. The summed E-state index contributed by atoms with van der Waals surface area (Å²) in [5.41, 5.74) is 9.75. The van der Waals surface area contributed by atoms with Gasteiger partial charge >= 0.3 is 0 Å². The van der Waals surface area contributed by atoms with Crippen molar-refractivity contribution in [2.75, 3.05) is 18.5 Å². The predicted octanol–water partition coefficient (Wildman–Crippen LogP) is 3.84. The largest absolute Gasteiger partial charge is 0.366 e. The number of nitrogens with two attached hydrogens (primary N) is 1. The van der Waals surface area contributed by atoms with E-state index in [0.29, 0.717) is 12.5 Å². The van der Waals surface area contributed by atoms with Crippen molar-refractivity contribution in [1.29, 1.82) is 0 Å². The molecule has 2 aromatic rings. The van der Waals surface area contributed by atoms with Gasteiger partial charge in [0.25, 0.3) is 0 Å². The van der Waals surface area contributed by atoms with Gasteiger partial charge in [-0.05, 0) is 54.2 Å². The van der Waals surface area contributed by atoms with Gasteiger partial charge in [-0.1, -0.05) is 24.3 Å². The molecule has 0 saturated heterocycles. The van der Waals surface area contributed by atoms with Crippen LogP contribution in [0.5, 0.6) is 0 Å². The lowest BCUT2D eigenvalue weighted by Crippen LogP contribution is -2.31. The second-order valence-corrected chi connectivity index (χ2v) is 5.74. The van der Waals surface area contributed by atoms with Crippen LogP contribution in [0.2, 0.25) is 0 Å². The fraction of sp³-hybridized carbons (Fsp3) is 0.333. The molecule has 1 unspecified atom stereocenters. The van der Waals surface area contributed by atoms with Gasteiger partial charge in [0, 0.05) is 19.3 Å². The lowest BCUT2D eigenvalue weighted by Gasteiger charge is -2.31. The van der Waals surface area contributed by atoms with Crippen molar-refractivity contribution in [3.63, 3.8) is 0 Å². The van der Waals surface area contributed by atoms with E-state index >= 15 is 0 Å². The first-order valence-electron chi connectivity index (χ1n) is 7.48. The minimum atomic E-state index is -0.213. The highest BCUT2D eigenvalue weighted by Gasteiger charge is 2.29. The molecule has 2 nitrogen and oxygen atoms in total. The van der Waals surface area contributed by atoms with Crippen molar-refractivity contribution < 1.29 is 4.39 Å². The van der Waals surface area contributed by atoms with Crippen LogP contribution in [-0.4, -0.2) is 13.6 Å². The molecule has 0 aromatic heterocycles. The van der Waals surface area contributed by atoms with Gasteiger partial charge in [-0.15, -0.1) is 0 Å². The van der Waals surface area contributed by atoms with Gasteiger partial charge in [0.05, 0.1) is 6.04 Å². The van der Waals surface area contributed by atoms with Crippen LogP contribution in [0.4, 0.5) is 10.1 Å². The summed E-state index contributed by atoms with van der Waals surface area (Å²) in [5, 5.41) is 0. The van der Waals surface area contributed by atoms with Crippen LogP contribution >= 0.6 is 0 Å². The lowest BCUT2D eigenvalue weighted by molar-refractivity contribution is 0.626. The standard InChI is InChI=1S/C18H21FN2/c1-21(15-10-8-14(19)9-11-15)18(12-20)17-5-3-2-4-16(17)13-6-7-13/h2-5,8-11,13,18H,6-7,12,20H2,1H3. The molecule has 0 spiro atoms. The van der Waals surface area contributed by atoms with Crippen molar-refractivity contribution in [3.05, 3.63) is 65.5 Å². The maximum atomic E-state index is 13.1. The summed E-state index contributed by atoms with van der Waals surface area (Å²) >= 11 is 0. The van der Waals surface area contributed by atoms with Crippen LogP contribution in [-0.2, 0) is 0 Å². The van der Waals surface area contributed by atoms with Crippen molar-refractivity contribution in [2.45, 2.75) is 24.8 Å². The fourth-order valence-corrected chi connectivity index (χ4v) is 2.93. The number of rotatable bonds is 5. The molecular weight excluding hydrogens is 263 g/mol. The molecule has 2 aromatic carbocycles. The molecule has 3 rings (SSSR count). The molecule has 1 aliphatic rings. The highest BCUT2D eigenvalue weighted by atomic mass is 19.1. The molecule has 0 aliphatic heterocycles. The lowest BCUT2D eigenvalue weighted by atomic mass is 9.96. The van der Waals surface area contributed by atoms with Gasteiger partial charge in [0.2, 0.25) is 0 Å². The monoisotopic (exact) mass is 284 g/mol. The normalized spacial score (nSPS) is 15.8. The zero-order chi connectivity index (χ0) is 14.8. The average molecular weight is 284 g/mol. The van der Waals surface area contributed by atoms with Gasteiger partial charge in [0.1, 0.15) is 5.82 Å². The maximum Gasteiger partial charge on any atom is 0.123 e. The van der Waals surface area contributed by atoms with E-state index in [-0.39, 0.29) is 11.9 Å². The number of hydrogen-bond donors (Lipinski definition) is 1. The van der Waals surface area contributed by atoms with Crippen molar-refractivity contribution in [2.24, 2.45) is 5.73 Å². The first-order valence-corrected chi connectivity index (χ1v) is 7.48. The smallest absolute Gasteiger partial charge is 0.123 e. The predicted molar refractivity (Wildman–Crippen MR) is 85.0 cm³/mol. The number of hydrogen-bond acceptors (Lipinski definition) is 2. The topological polar surface area (TPSA) is 29.3 Å². The highest BCUT2D eigenvalue weighted by Crippen LogP contribution is 2.43. The van der Waals surface area contributed by atoms with Crippen molar-refractivity contribution in [3.8, 4) is 0 Å². The molecule has 0 heterocycles. The van der Waals surface area contributed by atoms with E-state index in [1.54, 1.807) is 12.1 Å². The molecule has 1 fully saturated rings. The Morgan fingerprint density at radius 1 is 1.14 bits per heavy atom. The SMILES string of the molecule is CN(c1ccc(F)cc1)C(CN)c1ccccc1C1CC1. The minimum Gasteiger partial charge on any atom is -0.366 e. The van der Waals surface area contributed by atoms with E-state index in [4.69, 9.17) is 5.73 Å². The number of anilines is 1. The Morgan fingerprint density at radius 2 is 1.81 bits per heavy atom. The summed E-state index contributed by atoms with van der Waals surface area (Å²) in [4.78, 5) is 2.14. The fourth-order valence-electron chi connectivity index (χ4n) is 2.93.